The van der Waals surface area contributed by atoms with Gasteiger partial charge in [-0.2, -0.15) is 0 Å². The minimum Gasteiger partial charge on any atom is -0.398 e. The number of nitrogens with two attached hydrogens (primary N) is 1. The molecule has 0 atom stereocenters. The number of aromatic amines is 1. The highest BCUT2D eigenvalue weighted by Crippen LogP contribution is 2.29. The minimum absolute atomic E-state index is 0.584. The van der Waals surface area contributed by atoms with E-state index >= 15 is 0 Å². The monoisotopic (exact) mass is 497 g/mol. The number of fused-ring (bicyclic) bond motifs is 1. The first-order valence-electron chi connectivity index (χ1n) is 12.7. The zero-order valence-corrected chi connectivity index (χ0v) is 21.5. The highest BCUT2D eigenvalue weighted by molar-refractivity contribution is 5.92. The van der Waals surface area contributed by atoms with Crippen molar-refractivity contribution < 1.29 is 0 Å². The Morgan fingerprint density at radius 2 is 1.97 bits per heavy atom. The van der Waals surface area contributed by atoms with Crippen LogP contribution >= 0.6 is 0 Å². The molecule has 0 fully saturated rings. The molecule has 1 aliphatic rings. The topological polar surface area (TPSA) is 79.6 Å². The highest BCUT2D eigenvalue weighted by atomic mass is 14.9. The smallest absolute Gasteiger partial charge is 0.111 e. The molecular formula is C33H31N5. The fourth-order valence-corrected chi connectivity index (χ4v) is 4.59. The summed E-state index contributed by atoms with van der Waals surface area (Å²) in [4.78, 5) is 12.8. The molecule has 0 amide bonds. The first-order valence-corrected chi connectivity index (χ1v) is 12.7. The Labute approximate surface area is 223 Å². The zero-order chi connectivity index (χ0) is 26.5. The number of pyridine rings is 1. The third kappa shape index (κ3) is 5.27. The lowest BCUT2D eigenvalue weighted by Gasteiger charge is -2.13. The van der Waals surface area contributed by atoms with Gasteiger partial charge in [0.25, 0.3) is 0 Å². The molecule has 2 aromatic heterocycles. The Morgan fingerprint density at radius 3 is 2.71 bits per heavy atom. The van der Waals surface area contributed by atoms with Crippen LogP contribution in [0, 0.1) is 0 Å². The van der Waals surface area contributed by atoms with Gasteiger partial charge < -0.3 is 16.0 Å². The number of nitrogens with zero attached hydrogens (tertiary/aromatic N) is 2. The van der Waals surface area contributed by atoms with Gasteiger partial charge in [0, 0.05) is 35.3 Å². The summed E-state index contributed by atoms with van der Waals surface area (Å²) < 4.78 is 0. The van der Waals surface area contributed by atoms with Gasteiger partial charge >= 0.3 is 0 Å². The average molecular weight is 498 g/mol. The summed E-state index contributed by atoms with van der Waals surface area (Å²) in [6.07, 6.45) is 17.6. The van der Waals surface area contributed by atoms with E-state index in [4.69, 9.17) is 10.7 Å². The van der Waals surface area contributed by atoms with Gasteiger partial charge in [-0.3, -0.25) is 4.98 Å². The molecule has 5 rings (SSSR count). The third-order valence-corrected chi connectivity index (χ3v) is 6.62. The maximum absolute atomic E-state index is 6.41. The molecular weight excluding hydrogens is 466 g/mol. The molecule has 188 valence electrons. The van der Waals surface area contributed by atoms with E-state index < -0.39 is 0 Å². The molecule has 2 aromatic carbocycles. The van der Waals surface area contributed by atoms with E-state index in [0.29, 0.717) is 6.42 Å². The van der Waals surface area contributed by atoms with Crippen LogP contribution in [0.4, 0.5) is 5.69 Å². The van der Waals surface area contributed by atoms with Crippen molar-refractivity contribution in [3.63, 3.8) is 0 Å². The van der Waals surface area contributed by atoms with Crippen molar-refractivity contribution in [2.45, 2.75) is 19.8 Å². The lowest BCUT2D eigenvalue weighted by atomic mass is 9.99. The quantitative estimate of drug-likeness (QED) is 0.169. The molecule has 0 spiro atoms. The number of hydrogen-bond acceptors (Lipinski definition) is 4. The van der Waals surface area contributed by atoms with Crippen LogP contribution < -0.4 is 11.1 Å². The molecule has 38 heavy (non-hydrogen) atoms. The largest absolute Gasteiger partial charge is 0.398 e. The third-order valence-electron chi connectivity index (χ3n) is 6.62. The van der Waals surface area contributed by atoms with Gasteiger partial charge in [-0.1, -0.05) is 73.9 Å². The summed E-state index contributed by atoms with van der Waals surface area (Å²) in [5.41, 5.74) is 17.0. The van der Waals surface area contributed by atoms with Gasteiger partial charge in [0.2, 0.25) is 0 Å². The van der Waals surface area contributed by atoms with Crippen LogP contribution in [0.15, 0.2) is 116 Å². The number of benzene rings is 2. The Kier molecular flexibility index (Phi) is 7.18. The molecule has 1 aliphatic carbocycles. The number of nitrogen functional groups attached to an aromatic ring is 1. The van der Waals surface area contributed by atoms with Crippen LogP contribution in [0.1, 0.15) is 41.4 Å². The van der Waals surface area contributed by atoms with Crippen molar-refractivity contribution in [1.29, 1.82) is 0 Å². The van der Waals surface area contributed by atoms with Gasteiger partial charge in [-0.25, -0.2) is 4.98 Å². The predicted octanol–water partition coefficient (Wildman–Crippen LogP) is 7.21. The number of anilines is 1. The van der Waals surface area contributed by atoms with E-state index in [1.54, 1.807) is 6.08 Å². The van der Waals surface area contributed by atoms with Crippen LogP contribution in [-0.2, 0) is 6.42 Å². The minimum atomic E-state index is 0.584. The summed E-state index contributed by atoms with van der Waals surface area (Å²) in [6, 6.07) is 16.2. The normalized spacial score (nSPS) is 13.6. The predicted molar refractivity (Wildman–Crippen MR) is 160 cm³/mol. The van der Waals surface area contributed by atoms with E-state index in [2.05, 4.69) is 64.9 Å². The standard InChI is InChI=1S/C33H31N5/c1-4-23(18-28(5-2)36-22(3)24-11-7-6-8-12-24)26-15-16-30(34)27(17-26)19-32-37-31-21-35-20-29(33(31)38-32)25-13-9-10-14-25/h4-9,11-18,20-21,36H,2-3,10,19,34H2,1H3,(H,37,38)/b23-4+,28-18+. The zero-order valence-electron chi connectivity index (χ0n) is 21.5. The molecule has 0 saturated heterocycles. The molecule has 0 saturated carbocycles. The average Bonchev–Trinajstić information content (AvgIpc) is 3.62. The Balaban J connectivity index is 1.41. The fraction of sp³-hybridized carbons (Fsp3) is 0.0909. The van der Waals surface area contributed by atoms with Crippen LogP contribution in [0.25, 0.3) is 27.9 Å². The second-order valence-electron chi connectivity index (χ2n) is 9.17. The van der Waals surface area contributed by atoms with Crippen molar-refractivity contribution in [2.75, 3.05) is 5.73 Å². The number of hydrogen-bond donors (Lipinski definition) is 3. The van der Waals surface area contributed by atoms with E-state index in [1.165, 1.54) is 0 Å². The number of H-pyrrole nitrogens is 1. The molecule has 4 aromatic rings. The van der Waals surface area contributed by atoms with Crippen LogP contribution in [-0.4, -0.2) is 15.0 Å². The van der Waals surface area contributed by atoms with E-state index in [0.717, 1.165) is 73.8 Å². The highest BCUT2D eigenvalue weighted by Gasteiger charge is 2.14. The molecule has 5 heteroatoms. The first-order chi connectivity index (χ1) is 18.6. The maximum atomic E-state index is 6.41. The van der Waals surface area contributed by atoms with Crippen molar-refractivity contribution in [1.82, 2.24) is 20.3 Å². The molecule has 0 radical (unpaired) electrons. The van der Waals surface area contributed by atoms with E-state index in [-0.39, 0.29) is 0 Å². The number of nitrogens with one attached hydrogen (secondary N) is 2. The Hall–Kier alpha value is -4.90. The van der Waals surface area contributed by atoms with Crippen LogP contribution in [0.3, 0.4) is 0 Å². The molecule has 4 N–H and O–H groups in total. The summed E-state index contributed by atoms with van der Waals surface area (Å²) in [5, 5.41) is 3.38. The first kappa shape index (κ1) is 24.8. The lowest BCUT2D eigenvalue weighted by molar-refractivity contribution is 1.04. The molecule has 0 aliphatic heterocycles. The van der Waals surface area contributed by atoms with E-state index in [9.17, 15) is 0 Å². The van der Waals surface area contributed by atoms with Crippen molar-refractivity contribution in [3.8, 4) is 0 Å². The second kappa shape index (κ2) is 11.0. The number of imidazole rings is 1. The summed E-state index contributed by atoms with van der Waals surface area (Å²) in [7, 11) is 0. The Morgan fingerprint density at radius 1 is 1.13 bits per heavy atom. The number of rotatable bonds is 9. The summed E-state index contributed by atoms with van der Waals surface area (Å²) in [6.45, 7) is 10.2. The van der Waals surface area contributed by atoms with Gasteiger partial charge in [0.15, 0.2) is 0 Å². The number of allylic oxidation sites excluding steroid dienone is 8. The van der Waals surface area contributed by atoms with Gasteiger partial charge in [0.05, 0.1) is 17.2 Å². The fourth-order valence-electron chi connectivity index (χ4n) is 4.59. The van der Waals surface area contributed by atoms with E-state index in [1.807, 2.05) is 61.8 Å². The molecule has 0 bridgehead atoms. The molecule has 0 unspecified atom stereocenters. The van der Waals surface area contributed by atoms with Crippen molar-refractivity contribution in [2.24, 2.45) is 0 Å². The SMILES string of the molecule is C=C/C(=C\C(=C/C)c1ccc(N)c(Cc2nc3c(C4=CCC=C4)cncc3[nH]2)c1)NC(=C)c1ccccc1. The number of aromatic nitrogens is 3. The summed E-state index contributed by atoms with van der Waals surface area (Å²) >= 11 is 0. The van der Waals surface area contributed by atoms with Crippen molar-refractivity contribution in [3.05, 3.63) is 144 Å². The van der Waals surface area contributed by atoms with Crippen LogP contribution in [0.5, 0.6) is 0 Å². The second-order valence-corrected chi connectivity index (χ2v) is 9.17. The van der Waals surface area contributed by atoms with Gasteiger partial charge in [0.1, 0.15) is 5.82 Å². The maximum Gasteiger partial charge on any atom is 0.111 e. The van der Waals surface area contributed by atoms with Crippen molar-refractivity contribution >= 4 is 33.6 Å². The van der Waals surface area contributed by atoms with Gasteiger partial charge in [-0.05, 0) is 65.5 Å². The Bertz CT molecular complexity index is 1630. The molecule has 2 heterocycles. The van der Waals surface area contributed by atoms with Crippen LogP contribution in [0.2, 0.25) is 0 Å². The summed E-state index contributed by atoms with van der Waals surface area (Å²) in [5.74, 6) is 0.853. The van der Waals surface area contributed by atoms with Gasteiger partial charge in [-0.15, -0.1) is 0 Å². The molecule has 5 nitrogen and oxygen atoms in total. The lowest BCUT2D eigenvalue weighted by Crippen LogP contribution is -2.09.